The van der Waals surface area contributed by atoms with E-state index in [2.05, 4.69) is 5.32 Å². The van der Waals surface area contributed by atoms with Crippen LogP contribution in [0.5, 0.6) is 11.5 Å². The number of amides is 1. The highest BCUT2D eigenvalue weighted by molar-refractivity contribution is 7.93. The zero-order valence-electron chi connectivity index (χ0n) is 15.4. The molecular weight excluding hydrogens is 366 g/mol. The lowest BCUT2D eigenvalue weighted by molar-refractivity contribution is -0.118. The van der Waals surface area contributed by atoms with Crippen LogP contribution in [-0.4, -0.2) is 33.3 Å². The molecule has 0 aliphatic heterocycles. The monoisotopic (exact) mass is 389 g/mol. The molecule has 0 spiro atoms. The van der Waals surface area contributed by atoms with Crippen molar-refractivity contribution >= 4 is 21.4 Å². The van der Waals surface area contributed by atoms with Gasteiger partial charge in [-0.05, 0) is 37.1 Å². The molecule has 7 heteroatoms. The van der Waals surface area contributed by atoms with Gasteiger partial charge >= 0.3 is 0 Å². The highest BCUT2D eigenvalue weighted by Gasteiger charge is 2.52. The van der Waals surface area contributed by atoms with E-state index in [1.54, 1.807) is 48.5 Å². The molecule has 0 unspecified atom stereocenters. The SMILES string of the molecule is COc1ccc(NC(=O)C2(S(=O)(=O)c3ccccc3)CCCC2)cc1OC. The molecule has 1 saturated carbocycles. The average Bonchev–Trinajstić information content (AvgIpc) is 3.20. The Morgan fingerprint density at radius 1 is 0.963 bits per heavy atom. The molecule has 1 aliphatic carbocycles. The van der Waals surface area contributed by atoms with Gasteiger partial charge in [0.05, 0.1) is 19.1 Å². The fourth-order valence-corrected chi connectivity index (χ4v) is 5.64. The molecular formula is C20H23NO5S. The van der Waals surface area contributed by atoms with Crippen molar-refractivity contribution in [3.05, 3.63) is 48.5 Å². The summed E-state index contributed by atoms with van der Waals surface area (Å²) >= 11 is 0. The van der Waals surface area contributed by atoms with Gasteiger partial charge in [-0.1, -0.05) is 31.0 Å². The summed E-state index contributed by atoms with van der Waals surface area (Å²) in [5.41, 5.74) is 0.465. The highest BCUT2D eigenvalue weighted by atomic mass is 32.2. The lowest BCUT2D eigenvalue weighted by Crippen LogP contribution is -2.47. The van der Waals surface area contributed by atoms with Crippen LogP contribution in [0, 0.1) is 0 Å². The summed E-state index contributed by atoms with van der Waals surface area (Å²) < 4.78 is 35.6. The number of carbonyl (C=O) groups is 1. The summed E-state index contributed by atoms with van der Waals surface area (Å²) in [5, 5.41) is 2.77. The Kier molecular flexibility index (Phi) is 5.41. The van der Waals surface area contributed by atoms with Gasteiger partial charge in [0, 0.05) is 11.8 Å². The quantitative estimate of drug-likeness (QED) is 0.819. The number of ether oxygens (including phenoxy) is 2. The molecule has 1 aliphatic rings. The number of benzene rings is 2. The van der Waals surface area contributed by atoms with E-state index in [4.69, 9.17) is 9.47 Å². The average molecular weight is 389 g/mol. The van der Waals surface area contributed by atoms with Gasteiger partial charge in [-0.2, -0.15) is 0 Å². The number of anilines is 1. The summed E-state index contributed by atoms with van der Waals surface area (Å²) in [6.07, 6.45) is 2.02. The van der Waals surface area contributed by atoms with Gasteiger partial charge < -0.3 is 14.8 Å². The third kappa shape index (κ3) is 3.39. The van der Waals surface area contributed by atoms with E-state index in [-0.39, 0.29) is 4.90 Å². The molecule has 0 atom stereocenters. The van der Waals surface area contributed by atoms with Crippen LogP contribution in [0.4, 0.5) is 5.69 Å². The fourth-order valence-electron chi connectivity index (χ4n) is 3.55. The first-order chi connectivity index (χ1) is 12.9. The van der Waals surface area contributed by atoms with E-state index < -0.39 is 20.5 Å². The Balaban J connectivity index is 1.95. The van der Waals surface area contributed by atoms with E-state index >= 15 is 0 Å². The fraction of sp³-hybridized carbons (Fsp3) is 0.350. The molecule has 0 saturated heterocycles. The number of nitrogens with one attached hydrogen (secondary N) is 1. The Bertz CT molecular complexity index is 919. The maximum atomic E-state index is 13.3. The van der Waals surface area contributed by atoms with Crippen LogP contribution in [-0.2, 0) is 14.6 Å². The lowest BCUT2D eigenvalue weighted by atomic mass is 10.1. The van der Waals surface area contributed by atoms with Crippen LogP contribution >= 0.6 is 0 Å². The second-order valence-corrected chi connectivity index (χ2v) is 8.80. The highest BCUT2D eigenvalue weighted by Crippen LogP contribution is 2.41. The summed E-state index contributed by atoms with van der Waals surface area (Å²) in [7, 11) is -0.791. The summed E-state index contributed by atoms with van der Waals surface area (Å²) in [4.78, 5) is 13.3. The summed E-state index contributed by atoms with van der Waals surface area (Å²) in [5.74, 6) is 0.487. The van der Waals surface area contributed by atoms with Gasteiger partial charge in [-0.15, -0.1) is 0 Å². The van der Waals surface area contributed by atoms with Crippen molar-refractivity contribution in [1.82, 2.24) is 0 Å². The molecule has 2 aromatic rings. The Labute approximate surface area is 159 Å². The Hall–Kier alpha value is -2.54. The predicted molar refractivity (Wildman–Crippen MR) is 103 cm³/mol. The zero-order valence-corrected chi connectivity index (χ0v) is 16.2. The minimum Gasteiger partial charge on any atom is -0.493 e. The normalized spacial score (nSPS) is 15.9. The lowest BCUT2D eigenvalue weighted by Gasteiger charge is -2.27. The topological polar surface area (TPSA) is 81.7 Å². The van der Waals surface area contributed by atoms with Crippen LogP contribution in [0.2, 0.25) is 0 Å². The second-order valence-electron chi connectivity index (χ2n) is 6.54. The maximum absolute atomic E-state index is 13.3. The molecule has 27 heavy (non-hydrogen) atoms. The second kappa shape index (κ2) is 7.60. The van der Waals surface area contributed by atoms with Crippen molar-refractivity contribution in [2.24, 2.45) is 0 Å². The van der Waals surface area contributed by atoms with E-state index in [9.17, 15) is 13.2 Å². The molecule has 0 heterocycles. The third-order valence-corrected chi connectivity index (χ3v) is 7.55. The largest absolute Gasteiger partial charge is 0.493 e. The van der Waals surface area contributed by atoms with Crippen LogP contribution in [0.15, 0.2) is 53.4 Å². The Morgan fingerprint density at radius 2 is 1.59 bits per heavy atom. The van der Waals surface area contributed by atoms with Gasteiger partial charge in [0.1, 0.15) is 0 Å². The van der Waals surface area contributed by atoms with E-state index in [0.717, 1.165) is 0 Å². The maximum Gasteiger partial charge on any atom is 0.246 e. The predicted octanol–water partition coefficient (Wildman–Crippen LogP) is 3.43. The van der Waals surface area contributed by atoms with Crippen LogP contribution < -0.4 is 14.8 Å². The molecule has 0 radical (unpaired) electrons. The van der Waals surface area contributed by atoms with Gasteiger partial charge in [0.2, 0.25) is 5.91 Å². The third-order valence-electron chi connectivity index (χ3n) is 5.03. The smallest absolute Gasteiger partial charge is 0.246 e. The molecule has 1 N–H and O–H groups in total. The van der Waals surface area contributed by atoms with Crippen LogP contribution in [0.25, 0.3) is 0 Å². The Morgan fingerprint density at radius 3 is 2.19 bits per heavy atom. The van der Waals surface area contributed by atoms with Crippen molar-refractivity contribution in [3.63, 3.8) is 0 Å². The van der Waals surface area contributed by atoms with Crippen LogP contribution in [0.1, 0.15) is 25.7 Å². The molecule has 144 valence electrons. The van der Waals surface area contributed by atoms with E-state index in [0.29, 0.717) is 42.9 Å². The molecule has 6 nitrogen and oxygen atoms in total. The van der Waals surface area contributed by atoms with E-state index in [1.165, 1.54) is 14.2 Å². The number of methoxy groups -OCH3 is 2. The molecule has 1 fully saturated rings. The number of hydrogen-bond donors (Lipinski definition) is 1. The standard InChI is InChI=1S/C20H23NO5S/c1-25-17-11-10-15(14-18(17)26-2)21-19(22)20(12-6-7-13-20)27(23,24)16-8-4-3-5-9-16/h3-5,8-11,14H,6-7,12-13H2,1-2H3,(H,21,22). The van der Waals surface area contributed by atoms with Crippen molar-refractivity contribution < 1.29 is 22.7 Å². The minimum absolute atomic E-state index is 0.175. The van der Waals surface area contributed by atoms with Gasteiger partial charge in [0.15, 0.2) is 26.1 Å². The van der Waals surface area contributed by atoms with Crippen molar-refractivity contribution in [2.45, 2.75) is 35.3 Å². The number of hydrogen-bond acceptors (Lipinski definition) is 5. The molecule has 0 bridgehead atoms. The van der Waals surface area contributed by atoms with Gasteiger partial charge in [-0.3, -0.25) is 4.79 Å². The van der Waals surface area contributed by atoms with Crippen molar-refractivity contribution in [3.8, 4) is 11.5 Å². The van der Waals surface area contributed by atoms with Crippen molar-refractivity contribution in [1.29, 1.82) is 0 Å². The van der Waals surface area contributed by atoms with Gasteiger partial charge in [-0.25, -0.2) is 8.42 Å². The molecule has 2 aromatic carbocycles. The van der Waals surface area contributed by atoms with E-state index in [1.807, 2.05) is 0 Å². The summed E-state index contributed by atoms with van der Waals surface area (Å²) in [6, 6.07) is 13.1. The number of sulfone groups is 1. The minimum atomic E-state index is -3.82. The summed E-state index contributed by atoms with van der Waals surface area (Å²) in [6.45, 7) is 0. The molecule has 1 amide bonds. The first-order valence-electron chi connectivity index (χ1n) is 8.78. The zero-order chi connectivity index (χ0) is 19.5. The molecule has 3 rings (SSSR count). The first-order valence-corrected chi connectivity index (χ1v) is 10.3. The number of carbonyl (C=O) groups excluding carboxylic acids is 1. The van der Waals surface area contributed by atoms with Crippen LogP contribution in [0.3, 0.4) is 0 Å². The number of rotatable bonds is 6. The molecule has 0 aromatic heterocycles. The first kappa shape index (κ1) is 19.2. The van der Waals surface area contributed by atoms with Crippen molar-refractivity contribution in [2.75, 3.05) is 19.5 Å². The van der Waals surface area contributed by atoms with Gasteiger partial charge in [0.25, 0.3) is 0 Å².